The first-order chi connectivity index (χ1) is 5.46. The van der Waals surface area contributed by atoms with Crippen molar-refractivity contribution in [2.75, 3.05) is 0 Å². The second-order valence-corrected chi connectivity index (χ2v) is 2.99. The van der Waals surface area contributed by atoms with Crippen LogP contribution in [0, 0.1) is 18.3 Å². The standard InChI is InChI=1S/C9H14O2/c1-4-9(5-2)7(3)6-8(10)11-9/h1,7-8,10H,5-6H2,2-3H3/t7-,8?,9+/m0/s1/i8D. The van der Waals surface area contributed by atoms with Crippen LogP contribution in [-0.4, -0.2) is 17.0 Å². The van der Waals surface area contributed by atoms with Gasteiger partial charge in [-0.05, 0) is 6.42 Å². The molecule has 1 rings (SSSR count). The summed E-state index contributed by atoms with van der Waals surface area (Å²) in [7, 11) is 0. The maximum absolute atomic E-state index is 9.31. The Morgan fingerprint density at radius 3 is 2.82 bits per heavy atom. The fourth-order valence-corrected chi connectivity index (χ4v) is 1.47. The molecule has 2 heteroatoms. The van der Waals surface area contributed by atoms with Crippen molar-refractivity contribution in [1.29, 1.82) is 0 Å². The van der Waals surface area contributed by atoms with Crippen LogP contribution in [0.5, 0.6) is 0 Å². The van der Waals surface area contributed by atoms with Gasteiger partial charge >= 0.3 is 0 Å². The summed E-state index contributed by atoms with van der Waals surface area (Å²) in [5.74, 6) is 2.57. The van der Waals surface area contributed by atoms with Crippen LogP contribution in [0.25, 0.3) is 0 Å². The average Bonchev–Trinajstić information content (AvgIpc) is 2.21. The zero-order valence-electron chi connectivity index (χ0n) is 7.92. The predicted octanol–water partition coefficient (Wildman–Crippen LogP) is 1.14. The first kappa shape index (κ1) is 7.15. The lowest BCUT2D eigenvalue weighted by Crippen LogP contribution is -2.31. The molecule has 0 aromatic heterocycles. The maximum Gasteiger partial charge on any atom is 0.157 e. The van der Waals surface area contributed by atoms with Gasteiger partial charge in [0.2, 0.25) is 0 Å². The first-order valence-electron chi connectivity index (χ1n) is 4.36. The minimum Gasteiger partial charge on any atom is -0.368 e. The zero-order chi connectivity index (χ0) is 9.41. The number of rotatable bonds is 1. The fourth-order valence-electron chi connectivity index (χ4n) is 1.47. The van der Waals surface area contributed by atoms with Crippen LogP contribution in [0.2, 0.25) is 0 Å². The molecular formula is C9H14O2. The molecule has 0 aliphatic carbocycles. The van der Waals surface area contributed by atoms with Gasteiger partial charge in [-0.15, -0.1) is 6.42 Å². The minimum atomic E-state index is -1.79. The normalized spacial score (nSPS) is 51.8. The molecule has 1 heterocycles. The molecule has 1 N–H and O–H groups in total. The summed E-state index contributed by atoms with van der Waals surface area (Å²) in [6, 6.07) is 0. The number of aliphatic hydroxyl groups is 1. The Morgan fingerprint density at radius 2 is 2.64 bits per heavy atom. The Labute approximate surface area is 69.0 Å². The number of ether oxygens (including phenoxy) is 1. The van der Waals surface area contributed by atoms with Gasteiger partial charge in [0.25, 0.3) is 0 Å². The van der Waals surface area contributed by atoms with Crippen molar-refractivity contribution in [3.8, 4) is 12.3 Å². The second-order valence-electron chi connectivity index (χ2n) is 2.99. The lowest BCUT2D eigenvalue weighted by atomic mass is 9.87. The van der Waals surface area contributed by atoms with Crippen LogP contribution in [0.15, 0.2) is 0 Å². The Bertz CT molecular complexity index is 219. The molecule has 0 amide bonds. The molecule has 0 aromatic rings. The van der Waals surface area contributed by atoms with Crippen molar-refractivity contribution in [1.82, 2.24) is 0 Å². The number of hydrogen-bond acceptors (Lipinski definition) is 2. The monoisotopic (exact) mass is 155 g/mol. The van der Waals surface area contributed by atoms with Crippen molar-refractivity contribution in [2.24, 2.45) is 5.92 Å². The van der Waals surface area contributed by atoms with Gasteiger partial charge in [-0.25, -0.2) is 0 Å². The van der Waals surface area contributed by atoms with E-state index in [1.807, 2.05) is 13.8 Å². The highest BCUT2D eigenvalue weighted by atomic mass is 16.6. The highest BCUT2D eigenvalue weighted by Crippen LogP contribution is 2.36. The Balaban J connectivity index is 2.88. The van der Waals surface area contributed by atoms with Gasteiger partial charge in [0.15, 0.2) is 6.27 Å². The Kier molecular flexibility index (Phi) is 1.85. The molecule has 11 heavy (non-hydrogen) atoms. The summed E-state index contributed by atoms with van der Waals surface area (Å²) in [5.41, 5.74) is -0.740. The molecule has 0 spiro atoms. The van der Waals surface area contributed by atoms with E-state index in [9.17, 15) is 5.11 Å². The molecule has 1 saturated heterocycles. The molecule has 1 aliphatic heterocycles. The van der Waals surface area contributed by atoms with E-state index in [1.165, 1.54) is 0 Å². The summed E-state index contributed by atoms with van der Waals surface area (Å²) in [5, 5.41) is 9.31. The molecule has 0 radical (unpaired) electrons. The van der Waals surface area contributed by atoms with Crippen LogP contribution >= 0.6 is 0 Å². The minimum absolute atomic E-state index is 0.0370. The molecule has 1 fully saturated rings. The third kappa shape index (κ3) is 1.26. The van der Waals surface area contributed by atoms with Gasteiger partial charge in [0, 0.05) is 12.3 Å². The molecule has 0 saturated carbocycles. The van der Waals surface area contributed by atoms with Crippen molar-refractivity contribution in [3.63, 3.8) is 0 Å². The summed E-state index contributed by atoms with van der Waals surface area (Å²) in [6.07, 6.45) is 4.45. The lowest BCUT2D eigenvalue weighted by Gasteiger charge is -2.24. The smallest absolute Gasteiger partial charge is 0.157 e. The van der Waals surface area contributed by atoms with Crippen LogP contribution in [0.3, 0.4) is 0 Å². The zero-order valence-corrected chi connectivity index (χ0v) is 6.92. The van der Waals surface area contributed by atoms with Crippen LogP contribution in [0.1, 0.15) is 28.1 Å². The molecular weight excluding hydrogens is 140 g/mol. The Morgan fingerprint density at radius 1 is 2.00 bits per heavy atom. The predicted molar refractivity (Wildman–Crippen MR) is 42.7 cm³/mol. The SMILES string of the molecule is [2H]C1(O)C[C@H](C)[C@@](C#C)(CC)O1. The van der Waals surface area contributed by atoms with Crippen LogP contribution in [-0.2, 0) is 4.74 Å². The molecule has 1 aliphatic rings. The van der Waals surface area contributed by atoms with Gasteiger partial charge in [-0.1, -0.05) is 19.8 Å². The van der Waals surface area contributed by atoms with Gasteiger partial charge in [0.05, 0.1) is 1.37 Å². The van der Waals surface area contributed by atoms with E-state index in [-0.39, 0.29) is 12.3 Å². The summed E-state index contributed by atoms with van der Waals surface area (Å²) in [6.45, 7) is 3.80. The van der Waals surface area contributed by atoms with Gasteiger partial charge in [-0.3, -0.25) is 0 Å². The maximum atomic E-state index is 9.31. The summed E-state index contributed by atoms with van der Waals surface area (Å²) < 4.78 is 12.4. The number of hydrogen-bond donors (Lipinski definition) is 1. The van der Waals surface area contributed by atoms with E-state index in [0.29, 0.717) is 6.42 Å². The molecule has 62 valence electrons. The third-order valence-corrected chi connectivity index (χ3v) is 2.35. The summed E-state index contributed by atoms with van der Waals surface area (Å²) >= 11 is 0. The van der Waals surface area contributed by atoms with Crippen molar-refractivity contribution < 1.29 is 11.2 Å². The fraction of sp³-hybridized carbons (Fsp3) is 0.778. The second kappa shape index (κ2) is 2.84. The van der Waals surface area contributed by atoms with E-state index >= 15 is 0 Å². The summed E-state index contributed by atoms with van der Waals surface area (Å²) in [4.78, 5) is 0. The highest BCUT2D eigenvalue weighted by molar-refractivity contribution is 5.13. The van der Waals surface area contributed by atoms with Gasteiger partial charge in [-0.2, -0.15) is 0 Å². The van der Waals surface area contributed by atoms with E-state index in [1.54, 1.807) is 0 Å². The van der Waals surface area contributed by atoms with Crippen molar-refractivity contribution >= 4 is 0 Å². The number of terminal acetylenes is 1. The van der Waals surface area contributed by atoms with Crippen LogP contribution in [0.4, 0.5) is 0 Å². The van der Waals surface area contributed by atoms with E-state index in [2.05, 4.69) is 5.92 Å². The quantitative estimate of drug-likeness (QED) is 0.575. The molecule has 1 unspecified atom stereocenters. The third-order valence-electron chi connectivity index (χ3n) is 2.35. The van der Waals surface area contributed by atoms with Crippen molar-refractivity contribution in [3.05, 3.63) is 0 Å². The highest BCUT2D eigenvalue weighted by Gasteiger charge is 2.42. The van der Waals surface area contributed by atoms with Crippen LogP contribution < -0.4 is 0 Å². The average molecular weight is 155 g/mol. The van der Waals surface area contributed by atoms with Crippen molar-refractivity contribution in [2.45, 2.75) is 38.6 Å². The van der Waals surface area contributed by atoms with E-state index < -0.39 is 11.9 Å². The van der Waals surface area contributed by atoms with Gasteiger partial charge < -0.3 is 9.84 Å². The molecule has 0 aromatic carbocycles. The molecule has 3 atom stereocenters. The van der Waals surface area contributed by atoms with Gasteiger partial charge in [0.1, 0.15) is 5.60 Å². The first-order valence-corrected chi connectivity index (χ1v) is 3.86. The largest absolute Gasteiger partial charge is 0.368 e. The molecule has 0 bridgehead atoms. The van der Waals surface area contributed by atoms with E-state index in [0.717, 1.165) is 0 Å². The Hall–Kier alpha value is -0.520. The lowest BCUT2D eigenvalue weighted by molar-refractivity contribution is -0.119. The topological polar surface area (TPSA) is 29.5 Å². The molecule has 2 nitrogen and oxygen atoms in total. The van der Waals surface area contributed by atoms with E-state index in [4.69, 9.17) is 12.5 Å².